The van der Waals surface area contributed by atoms with Gasteiger partial charge in [-0.3, -0.25) is 9.36 Å². The quantitative estimate of drug-likeness (QED) is 0.160. The number of benzene rings is 3. The van der Waals surface area contributed by atoms with E-state index in [-0.39, 0.29) is 18.8 Å². The molecule has 5 rings (SSSR count). The first-order valence-electron chi connectivity index (χ1n) is 12.8. The van der Waals surface area contributed by atoms with Gasteiger partial charge in [-0.25, -0.2) is 9.79 Å². The van der Waals surface area contributed by atoms with Crippen LogP contribution in [0.2, 0.25) is 10.0 Å². The highest BCUT2D eigenvalue weighted by atomic mass is 127. The number of fused-ring (bicyclic) bond motifs is 1. The standard InChI is InChI=1S/C31H25Cl2IN2O4S/c1-4-39-30(38)26-18(3)35-31-36(27(26)20-10-8-17(2)9-11-20)29(37)25(41-31)14-21-13-23(33)15-24(34)28(21)40-16-19-6-5-7-22(32)12-19/h5-15,27H,4,16H2,1-3H3/b25-14-/t27-/m0/s1. The molecule has 0 unspecified atom stereocenters. The topological polar surface area (TPSA) is 69.9 Å². The average molecular weight is 719 g/mol. The molecule has 1 aromatic heterocycles. The number of aryl methyl sites for hydroxylation is 1. The second kappa shape index (κ2) is 12.5. The van der Waals surface area contributed by atoms with Crippen LogP contribution >= 0.6 is 57.1 Å². The van der Waals surface area contributed by atoms with Crippen molar-refractivity contribution < 1.29 is 14.3 Å². The number of allylic oxidation sites excluding steroid dienone is 1. The van der Waals surface area contributed by atoms with E-state index in [4.69, 9.17) is 32.7 Å². The zero-order chi connectivity index (χ0) is 29.3. The molecule has 0 saturated heterocycles. The molecular weight excluding hydrogens is 694 g/mol. The van der Waals surface area contributed by atoms with Crippen LogP contribution in [0.3, 0.4) is 0 Å². The molecule has 0 spiro atoms. The fourth-order valence-electron chi connectivity index (χ4n) is 4.62. The molecule has 41 heavy (non-hydrogen) atoms. The minimum atomic E-state index is -0.675. The van der Waals surface area contributed by atoms with Gasteiger partial charge in [-0.1, -0.05) is 76.5 Å². The summed E-state index contributed by atoms with van der Waals surface area (Å²) in [5.74, 6) is 0.106. The van der Waals surface area contributed by atoms with E-state index >= 15 is 0 Å². The molecule has 4 aromatic rings. The Morgan fingerprint density at radius 2 is 1.85 bits per heavy atom. The number of nitrogens with zero attached hydrogens (tertiary/aromatic N) is 2. The number of carbonyl (C=O) groups excluding carboxylic acids is 1. The molecule has 10 heteroatoms. The van der Waals surface area contributed by atoms with Gasteiger partial charge in [0.25, 0.3) is 5.56 Å². The molecule has 210 valence electrons. The van der Waals surface area contributed by atoms with E-state index in [0.717, 1.165) is 20.3 Å². The van der Waals surface area contributed by atoms with Gasteiger partial charge in [-0.05, 0) is 84.8 Å². The lowest BCUT2D eigenvalue weighted by Gasteiger charge is -2.24. The second-order valence-electron chi connectivity index (χ2n) is 9.44. The van der Waals surface area contributed by atoms with E-state index in [1.165, 1.54) is 11.3 Å². The maximum absolute atomic E-state index is 14.0. The van der Waals surface area contributed by atoms with Crippen molar-refractivity contribution in [1.82, 2.24) is 4.57 Å². The number of hydrogen-bond acceptors (Lipinski definition) is 6. The highest BCUT2D eigenvalue weighted by Gasteiger charge is 2.33. The van der Waals surface area contributed by atoms with E-state index in [1.807, 2.05) is 49.4 Å². The van der Waals surface area contributed by atoms with Crippen LogP contribution in [0.4, 0.5) is 0 Å². The van der Waals surface area contributed by atoms with Gasteiger partial charge < -0.3 is 9.47 Å². The van der Waals surface area contributed by atoms with Gasteiger partial charge in [0, 0.05) is 15.6 Å². The molecule has 1 aliphatic rings. The maximum Gasteiger partial charge on any atom is 0.338 e. The van der Waals surface area contributed by atoms with Crippen molar-refractivity contribution in [2.45, 2.75) is 33.4 Å². The highest BCUT2D eigenvalue weighted by molar-refractivity contribution is 14.1. The number of thiazole rings is 1. The van der Waals surface area contributed by atoms with Gasteiger partial charge in [0.2, 0.25) is 0 Å². The third-order valence-electron chi connectivity index (χ3n) is 6.51. The lowest BCUT2D eigenvalue weighted by atomic mass is 9.95. The molecule has 0 bridgehead atoms. The van der Waals surface area contributed by atoms with Crippen LogP contribution in [0.25, 0.3) is 6.08 Å². The van der Waals surface area contributed by atoms with Gasteiger partial charge in [-0.2, -0.15) is 0 Å². The minimum absolute atomic E-state index is 0.214. The first-order chi connectivity index (χ1) is 19.7. The number of hydrogen-bond donors (Lipinski definition) is 0. The highest BCUT2D eigenvalue weighted by Crippen LogP contribution is 2.33. The Bertz CT molecular complexity index is 1860. The summed E-state index contributed by atoms with van der Waals surface area (Å²) in [6, 6.07) is 18.1. The predicted octanol–water partition coefficient (Wildman–Crippen LogP) is 6.60. The van der Waals surface area contributed by atoms with Crippen molar-refractivity contribution in [3.63, 3.8) is 0 Å². The largest absolute Gasteiger partial charge is 0.487 e. The molecule has 0 aliphatic carbocycles. The van der Waals surface area contributed by atoms with Crippen molar-refractivity contribution in [1.29, 1.82) is 0 Å². The fraction of sp³-hybridized carbons (Fsp3) is 0.194. The molecule has 0 amide bonds. The number of aromatic nitrogens is 1. The summed E-state index contributed by atoms with van der Waals surface area (Å²) in [6.07, 6.45) is 1.76. The van der Waals surface area contributed by atoms with Crippen LogP contribution in [0.1, 0.15) is 42.1 Å². The van der Waals surface area contributed by atoms with Crippen molar-refractivity contribution >= 4 is 69.2 Å². The van der Waals surface area contributed by atoms with Crippen LogP contribution < -0.4 is 19.6 Å². The number of rotatable bonds is 7. The zero-order valence-electron chi connectivity index (χ0n) is 22.4. The molecule has 1 atom stereocenters. The third-order valence-corrected chi connectivity index (χ3v) is 8.74. The Labute approximate surface area is 264 Å². The lowest BCUT2D eigenvalue weighted by Crippen LogP contribution is -2.39. The van der Waals surface area contributed by atoms with Gasteiger partial charge in [0.15, 0.2) is 4.80 Å². The average Bonchev–Trinajstić information content (AvgIpc) is 3.22. The van der Waals surface area contributed by atoms with E-state index in [9.17, 15) is 9.59 Å². The Hall–Kier alpha value is -2.92. The molecular formula is C31H25Cl2IN2O4S. The van der Waals surface area contributed by atoms with Crippen molar-refractivity contribution in [3.05, 3.63) is 127 Å². The smallest absolute Gasteiger partial charge is 0.338 e. The minimum Gasteiger partial charge on any atom is -0.487 e. The van der Waals surface area contributed by atoms with Gasteiger partial charge in [-0.15, -0.1) is 0 Å². The summed E-state index contributed by atoms with van der Waals surface area (Å²) < 4.78 is 14.4. The van der Waals surface area contributed by atoms with Crippen LogP contribution in [0, 0.1) is 10.5 Å². The monoisotopic (exact) mass is 718 g/mol. The summed E-state index contributed by atoms with van der Waals surface area (Å²) in [5.41, 5.74) is 4.02. The molecule has 2 heterocycles. The third kappa shape index (κ3) is 6.30. The molecule has 0 fully saturated rings. The predicted molar refractivity (Wildman–Crippen MR) is 172 cm³/mol. The Morgan fingerprint density at radius 1 is 1.10 bits per heavy atom. The number of carbonyl (C=O) groups is 1. The molecule has 3 aromatic carbocycles. The first-order valence-corrected chi connectivity index (χ1v) is 15.4. The number of halogens is 3. The van der Waals surface area contributed by atoms with Gasteiger partial charge in [0.05, 0.1) is 32.0 Å². The fourth-order valence-corrected chi connectivity index (χ4v) is 7.08. The first kappa shape index (κ1) is 29.6. The normalized spacial score (nSPS) is 15.0. The lowest BCUT2D eigenvalue weighted by molar-refractivity contribution is -0.139. The molecule has 0 saturated carbocycles. The molecule has 0 radical (unpaired) electrons. The van der Waals surface area contributed by atoms with Gasteiger partial charge >= 0.3 is 5.97 Å². The van der Waals surface area contributed by atoms with E-state index < -0.39 is 12.0 Å². The van der Waals surface area contributed by atoms with Crippen molar-refractivity contribution in [2.75, 3.05) is 6.61 Å². The van der Waals surface area contributed by atoms with Crippen LogP contribution in [-0.4, -0.2) is 17.1 Å². The molecule has 1 aliphatic heterocycles. The van der Waals surface area contributed by atoms with Crippen molar-refractivity contribution in [3.8, 4) is 5.75 Å². The SMILES string of the molecule is CCOC(=O)C1=C(C)N=c2s/c(=C\c3cc(Cl)cc(I)c3OCc3cccc(Cl)c3)c(=O)n2[C@H]1c1ccc(C)cc1. The maximum atomic E-state index is 14.0. The summed E-state index contributed by atoms with van der Waals surface area (Å²) in [6.45, 7) is 6.01. The van der Waals surface area contributed by atoms with E-state index in [2.05, 4.69) is 27.6 Å². The zero-order valence-corrected chi connectivity index (χ0v) is 26.9. The summed E-state index contributed by atoms with van der Waals surface area (Å²) in [5, 5.41) is 1.14. The van der Waals surface area contributed by atoms with Crippen LogP contribution in [0.15, 0.2) is 81.7 Å². The summed E-state index contributed by atoms with van der Waals surface area (Å²) >= 11 is 16.0. The Kier molecular flexibility index (Phi) is 9.03. The Balaban J connectivity index is 1.65. The van der Waals surface area contributed by atoms with E-state index in [0.29, 0.717) is 42.0 Å². The number of ether oxygens (including phenoxy) is 2. The van der Waals surface area contributed by atoms with Crippen molar-refractivity contribution in [2.24, 2.45) is 4.99 Å². The Morgan fingerprint density at radius 3 is 2.56 bits per heavy atom. The summed E-state index contributed by atoms with van der Waals surface area (Å²) in [7, 11) is 0. The number of esters is 1. The van der Waals surface area contributed by atoms with Crippen LogP contribution in [-0.2, 0) is 16.1 Å². The summed E-state index contributed by atoms with van der Waals surface area (Å²) in [4.78, 5) is 32.3. The molecule has 6 nitrogen and oxygen atoms in total. The van der Waals surface area contributed by atoms with E-state index in [1.54, 1.807) is 42.7 Å². The second-order valence-corrected chi connectivity index (χ2v) is 12.5. The molecule has 0 N–H and O–H groups in total. The van der Waals surface area contributed by atoms with Gasteiger partial charge in [0.1, 0.15) is 12.4 Å². The van der Waals surface area contributed by atoms with Crippen LogP contribution in [0.5, 0.6) is 5.75 Å².